The van der Waals surface area contributed by atoms with E-state index in [2.05, 4.69) is 10.2 Å². The van der Waals surface area contributed by atoms with Crippen molar-refractivity contribution in [1.82, 2.24) is 14.8 Å². The second kappa shape index (κ2) is 11.1. The van der Waals surface area contributed by atoms with Crippen LogP contribution in [0.1, 0.15) is 25.3 Å². The molecular weight excluding hydrogens is 432 g/mol. The predicted molar refractivity (Wildman–Crippen MR) is 131 cm³/mol. The van der Waals surface area contributed by atoms with Gasteiger partial charge in [0.1, 0.15) is 17.3 Å². The summed E-state index contributed by atoms with van der Waals surface area (Å²) in [7, 11) is 0. The Morgan fingerprint density at radius 2 is 1.53 bits per heavy atom. The number of nitrogens with one attached hydrogen (secondary N) is 1. The Morgan fingerprint density at radius 3 is 2.12 bits per heavy atom. The van der Waals surface area contributed by atoms with E-state index in [1.165, 1.54) is 0 Å². The molecule has 1 N–H and O–H groups in total. The zero-order valence-electron chi connectivity index (χ0n) is 20.0. The maximum Gasteiger partial charge on any atom is 0.321 e. The average molecular weight is 465 g/mol. The van der Waals surface area contributed by atoms with Gasteiger partial charge in [-0.3, -0.25) is 4.90 Å². The highest BCUT2D eigenvalue weighted by Crippen LogP contribution is 2.25. The lowest BCUT2D eigenvalue weighted by molar-refractivity contribution is 0.141. The number of rotatable bonds is 8. The highest BCUT2D eigenvalue weighted by molar-refractivity contribution is 5.89. The first-order valence-electron chi connectivity index (χ1n) is 11.8. The van der Waals surface area contributed by atoms with E-state index in [-0.39, 0.29) is 6.03 Å². The SMILES string of the molecule is CCOc1ccc(NC(=O)N2CCN(Cc3nc(-c4ccc(OCC)cc4)oc3C)CC2)cc1. The van der Waals surface area contributed by atoms with Crippen LogP contribution in [0.3, 0.4) is 0 Å². The van der Waals surface area contributed by atoms with Crippen molar-refractivity contribution in [1.29, 1.82) is 0 Å². The summed E-state index contributed by atoms with van der Waals surface area (Å²) >= 11 is 0. The van der Waals surface area contributed by atoms with E-state index < -0.39 is 0 Å². The molecule has 2 amide bonds. The second-order valence-corrected chi connectivity index (χ2v) is 8.13. The number of aryl methyl sites for hydroxylation is 1. The molecule has 0 unspecified atom stereocenters. The molecule has 0 spiro atoms. The summed E-state index contributed by atoms with van der Waals surface area (Å²) in [5.41, 5.74) is 2.61. The molecular formula is C26H32N4O4. The lowest BCUT2D eigenvalue weighted by atomic mass is 10.2. The quantitative estimate of drug-likeness (QED) is 0.516. The van der Waals surface area contributed by atoms with Crippen LogP contribution in [0.2, 0.25) is 0 Å². The molecule has 1 saturated heterocycles. The highest BCUT2D eigenvalue weighted by atomic mass is 16.5. The Labute approximate surface area is 200 Å². The third-order valence-corrected chi connectivity index (χ3v) is 5.75. The monoisotopic (exact) mass is 464 g/mol. The van der Waals surface area contributed by atoms with E-state index in [0.29, 0.717) is 38.7 Å². The number of benzene rings is 2. The van der Waals surface area contributed by atoms with Gasteiger partial charge in [0, 0.05) is 44.0 Å². The molecule has 0 aliphatic carbocycles. The number of amides is 2. The summed E-state index contributed by atoms with van der Waals surface area (Å²) in [5, 5.41) is 2.96. The average Bonchev–Trinajstić information content (AvgIpc) is 3.21. The first-order chi connectivity index (χ1) is 16.6. The number of carbonyl (C=O) groups excluding carboxylic acids is 1. The molecule has 0 radical (unpaired) electrons. The first kappa shape index (κ1) is 23.6. The molecule has 3 aromatic rings. The maximum atomic E-state index is 12.7. The largest absolute Gasteiger partial charge is 0.494 e. The van der Waals surface area contributed by atoms with Crippen LogP contribution in [0.15, 0.2) is 52.9 Å². The molecule has 8 heteroatoms. The Morgan fingerprint density at radius 1 is 0.941 bits per heavy atom. The van der Waals surface area contributed by atoms with Crippen LogP contribution in [0.25, 0.3) is 11.5 Å². The van der Waals surface area contributed by atoms with Crippen LogP contribution in [-0.4, -0.2) is 60.2 Å². The summed E-state index contributed by atoms with van der Waals surface area (Å²) in [6.45, 7) is 10.7. The van der Waals surface area contributed by atoms with Crippen LogP contribution in [-0.2, 0) is 6.54 Å². The normalized spacial score (nSPS) is 14.1. The summed E-state index contributed by atoms with van der Waals surface area (Å²) in [6, 6.07) is 15.1. The Bertz CT molecular complexity index is 1070. The van der Waals surface area contributed by atoms with Crippen LogP contribution in [0, 0.1) is 6.92 Å². The van der Waals surface area contributed by atoms with Gasteiger partial charge in [-0.05, 0) is 69.3 Å². The van der Waals surface area contributed by atoms with Gasteiger partial charge in [0.15, 0.2) is 0 Å². The van der Waals surface area contributed by atoms with E-state index in [1.807, 2.05) is 74.2 Å². The number of aromatic nitrogens is 1. The van der Waals surface area contributed by atoms with Gasteiger partial charge in [-0.15, -0.1) is 0 Å². The molecule has 1 fully saturated rings. The fourth-order valence-electron chi connectivity index (χ4n) is 3.88. The lowest BCUT2D eigenvalue weighted by Crippen LogP contribution is -2.49. The molecule has 1 aromatic heterocycles. The summed E-state index contributed by atoms with van der Waals surface area (Å²) in [5.74, 6) is 3.06. The third kappa shape index (κ3) is 5.88. The topological polar surface area (TPSA) is 80.1 Å². The predicted octanol–water partition coefficient (Wildman–Crippen LogP) is 4.80. The zero-order valence-corrected chi connectivity index (χ0v) is 20.0. The highest BCUT2D eigenvalue weighted by Gasteiger charge is 2.23. The van der Waals surface area contributed by atoms with Crippen molar-refractivity contribution in [2.45, 2.75) is 27.3 Å². The van der Waals surface area contributed by atoms with Gasteiger partial charge in [-0.2, -0.15) is 0 Å². The van der Waals surface area contributed by atoms with E-state index in [4.69, 9.17) is 18.9 Å². The van der Waals surface area contributed by atoms with Gasteiger partial charge >= 0.3 is 6.03 Å². The number of anilines is 1. The minimum atomic E-state index is -0.0841. The minimum absolute atomic E-state index is 0.0841. The molecule has 4 rings (SSSR count). The number of ether oxygens (including phenoxy) is 2. The molecule has 1 aliphatic rings. The van der Waals surface area contributed by atoms with Crippen molar-refractivity contribution in [3.05, 3.63) is 60.0 Å². The molecule has 0 bridgehead atoms. The van der Waals surface area contributed by atoms with Gasteiger partial charge in [0.05, 0.1) is 18.9 Å². The maximum absolute atomic E-state index is 12.7. The Balaban J connectivity index is 1.28. The van der Waals surface area contributed by atoms with E-state index in [1.54, 1.807) is 0 Å². The standard InChI is InChI=1S/C26H32N4O4/c1-4-32-22-10-6-20(7-11-22)25-28-24(19(3)34-25)18-29-14-16-30(17-15-29)26(31)27-21-8-12-23(13-9-21)33-5-2/h6-13H,4-5,14-18H2,1-3H3,(H,27,31). The fourth-order valence-corrected chi connectivity index (χ4v) is 3.88. The van der Waals surface area contributed by atoms with E-state index in [0.717, 1.165) is 47.3 Å². The number of urea groups is 1. The summed E-state index contributed by atoms with van der Waals surface area (Å²) < 4.78 is 16.9. The van der Waals surface area contributed by atoms with Crippen molar-refractivity contribution < 1.29 is 18.7 Å². The number of carbonyl (C=O) groups is 1. The Kier molecular flexibility index (Phi) is 7.69. The van der Waals surface area contributed by atoms with Crippen LogP contribution in [0.4, 0.5) is 10.5 Å². The van der Waals surface area contributed by atoms with Crippen molar-refractivity contribution in [2.75, 3.05) is 44.7 Å². The minimum Gasteiger partial charge on any atom is -0.494 e. The fraction of sp³-hybridized carbons (Fsp3) is 0.385. The van der Waals surface area contributed by atoms with Crippen LogP contribution in [0.5, 0.6) is 11.5 Å². The summed E-state index contributed by atoms with van der Waals surface area (Å²) in [4.78, 5) is 21.5. The second-order valence-electron chi connectivity index (χ2n) is 8.13. The molecule has 0 saturated carbocycles. The third-order valence-electron chi connectivity index (χ3n) is 5.75. The molecule has 0 atom stereocenters. The molecule has 1 aliphatic heterocycles. The molecule has 2 aromatic carbocycles. The first-order valence-corrected chi connectivity index (χ1v) is 11.8. The number of piperazine rings is 1. The molecule has 34 heavy (non-hydrogen) atoms. The smallest absolute Gasteiger partial charge is 0.321 e. The van der Waals surface area contributed by atoms with Crippen LogP contribution < -0.4 is 14.8 Å². The van der Waals surface area contributed by atoms with Gasteiger partial charge in [-0.25, -0.2) is 9.78 Å². The van der Waals surface area contributed by atoms with Gasteiger partial charge in [-0.1, -0.05) is 0 Å². The Hall–Kier alpha value is -3.52. The number of nitrogens with zero attached hydrogens (tertiary/aromatic N) is 3. The molecule has 2 heterocycles. The van der Waals surface area contributed by atoms with Gasteiger partial charge in [0.25, 0.3) is 0 Å². The lowest BCUT2D eigenvalue weighted by Gasteiger charge is -2.34. The van der Waals surface area contributed by atoms with Crippen molar-refractivity contribution >= 4 is 11.7 Å². The van der Waals surface area contributed by atoms with Crippen molar-refractivity contribution in [3.8, 4) is 23.0 Å². The molecule has 8 nitrogen and oxygen atoms in total. The van der Waals surface area contributed by atoms with Crippen molar-refractivity contribution in [3.63, 3.8) is 0 Å². The molecule has 180 valence electrons. The van der Waals surface area contributed by atoms with Crippen LogP contribution >= 0.6 is 0 Å². The van der Waals surface area contributed by atoms with E-state index in [9.17, 15) is 4.79 Å². The number of hydrogen-bond acceptors (Lipinski definition) is 6. The summed E-state index contributed by atoms with van der Waals surface area (Å²) in [6.07, 6.45) is 0. The van der Waals surface area contributed by atoms with Crippen molar-refractivity contribution in [2.24, 2.45) is 0 Å². The number of oxazole rings is 1. The van der Waals surface area contributed by atoms with Gasteiger partial charge in [0.2, 0.25) is 5.89 Å². The van der Waals surface area contributed by atoms with E-state index >= 15 is 0 Å². The zero-order chi connectivity index (χ0) is 23.9. The number of hydrogen-bond donors (Lipinski definition) is 1. The van der Waals surface area contributed by atoms with Gasteiger partial charge < -0.3 is 24.1 Å².